The van der Waals surface area contributed by atoms with Crippen molar-refractivity contribution in [1.29, 1.82) is 0 Å². The number of hydrogen-bond acceptors (Lipinski definition) is 4. The number of nitrogens with zero attached hydrogens (tertiary/aromatic N) is 3. The van der Waals surface area contributed by atoms with Gasteiger partial charge in [-0.2, -0.15) is 0 Å². The first-order valence-corrected chi connectivity index (χ1v) is 19.2. The van der Waals surface area contributed by atoms with E-state index in [0.717, 1.165) is 68.3 Å². The lowest BCUT2D eigenvalue weighted by Crippen LogP contribution is -2.32. The number of hydrogen-bond donors (Lipinski definition) is 0. The molecule has 0 radical (unpaired) electrons. The summed E-state index contributed by atoms with van der Waals surface area (Å²) < 4.78 is 7.09. The van der Waals surface area contributed by atoms with E-state index in [2.05, 4.69) is 176 Å². The zero-order valence-corrected chi connectivity index (χ0v) is 30.5. The van der Waals surface area contributed by atoms with Crippen LogP contribution in [-0.2, 0) is 5.41 Å². The average Bonchev–Trinajstić information content (AvgIpc) is 3.57. The first-order chi connectivity index (χ1) is 27.8. The molecule has 0 fully saturated rings. The van der Waals surface area contributed by atoms with Crippen LogP contribution in [0, 0.1) is 0 Å². The van der Waals surface area contributed by atoms with Gasteiger partial charge in [-0.25, -0.2) is 15.0 Å². The van der Waals surface area contributed by atoms with Crippen molar-refractivity contribution in [3.63, 3.8) is 0 Å². The predicted octanol–water partition coefficient (Wildman–Crippen LogP) is 12.6. The molecule has 1 aromatic heterocycles. The maximum absolute atomic E-state index is 7.09. The molecule has 2 aliphatic carbocycles. The van der Waals surface area contributed by atoms with Crippen LogP contribution in [-0.4, -0.2) is 15.0 Å². The molecule has 0 bridgehead atoms. The van der Waals surface area contributed by atoms with Crippen LogP contribution in [0.2, 0.25) is 0 Å². The van der Waals surface area contributed by atoms with Crippen LogP contribution in [0.15, 0.2) is 194 Å². The van der Waals surface area contributed by atoms with E-state index in [1.807, 2.05) is 18.2 Å². The van der Waals surface area contributed by atoms with Gasteiger partial charge in [-0.15, -0.1) is 0 Å². The summed E-state index contributed by atoms with van der Waals surface area (Å²) in [4.78, 5) is 15.4. The lowest BCUT2D eigenvalue weighted by molar-refractivity contribution is 0.438. The van der Waals surface area contributed by atoms with Gasteiger partial charge < -0.3 is 4.74 Å². The molecular formula is C52H35N3O. The monoisotopic (exact) mass is 717 g/mol. The zero-order chi connectivity index (χ0) is 37.1. The Kier molecular flexibility index (Phi) is 7.49. The third-order valence-electron chi connectivity index (χ3n) is 11.5. The van der Waals surface area contributed by atoms with E-state index in [1.165, 1.54) is 22.3 Å². The summed E-state index contributed by atoms with van der Waals surface area (Å²) in [6.45, 7) is 0. The highest BCUT2D eigenvalue weighted by Crippen LogP contribution is 2.63. The molecule has 8 aromatic rings. The standard InChI is InChI=1S/C52H35N3O/c1-3-18-34(19-4-1)49-53-50(35-20-5-2-6-21-35)55-51(54-49)42-27-10-9-24-38(42)36-22-7-8-23-37(36)41-28-17-32-46-48(41)56-47-33-16-15-31-45(47)52(46)43-29-13-11-25-39(43)40-26-12-14-30-44(40)52/h1-20,22-33,35H,21H2. The third kappa shape index (κ3) is 4.89. The van der Waals surface area contributed by atoms with E-state index in [-0.39, 0.29) is 5.92 Å². The van der Waals surface area contributed by atoms with Gasteiger partial charge in [0.05, 0.1) is 5.41 Å². The fraction of sp³-hybridized carbons (Fsp3) is 0.0577. The van der Waals surface area contributed by atoms with Crippen molar-refractivity contribution in [3.05, 3.63) is 222 Å². The molecule has 11 rings (SSSR count). The van der Waals surface area contributed by atoms with Crippen molar-refractivity contribution in [2.24, 2.45) is 0 Å². The summed E-state index contributed by atoms with van der Waals surface area (Å²) in [6.07, 6.45) is 9.36. The number of rotatable bonds is 5. The fourth-order valence-electron chi connectivity index (χ4n) is 9.12. The van der Waals surface area contributed by atoms with Crippen molar-refractivity contribution in [1.82, 2.24) is 15.0 Å². The van der Waals surface area contributed by atoms with Gasteiger partial charge in [0.25, 0.3) is 0 Å². The van der Waals surface area contributed by atoms with Crippen LogP contribution in [0.25, 0.3) is 56.2 Å². The van der Waals surface area contributed by atoms with E-state index in [4.69, 9.17) is 19.7 Å². The second-order valence-corrected chi connectivity index (χ2v) is 14.6. The second kappa shape index (κ2) is 13.0. The number of aromatic nitrogens is 3. The minimum atomic E-state index is -0.544. The highest BCUT2D eigenvalue weighted by atomic mass is 16.5. The predicted molar refractivity (Wildman–Crippen MR) is 225 cm³/mol. The topological polar surface area (TPSA) is 47.9 Å². The van der Waals surface area contributed by atoms with E-state index in [9.17, 15) is 0 Å². The molecule has 0 amide bonds. The lowest BCUT2D eigenvalue weighted by Gasteiger charge is -2.40. The molecule has 56 heavy (non-hydrogen) atoms. The van der Waals surface area contributed by atoms with E-state index in [0.29, 0.717) is 11.6 Å². The van der Waals surface area contributed by atoms with Crippen LogP contribution in [0.1, 0.15) is 40.4 Å². The molecule has 1 unspecified atom stereocenters. The second-order valence-electron chi connectivity index (χ2n) is 14.6. The van der Waals surface area contributed by atoms with Crippen molar-refractivity contribution in [2.75, 3.05) is 0 Å². The highest BCUT2D eigenvalue weighted by molar-refractivity contribution is 5.95. The molecule has 0 saturated carbocycles. The van der Waals surface area contributed by atoms with Gasteiger partial charge in [0, 0.05) is 33.7 Å². The Bertz CT molecular complexity index is 2840. The SMILES string of the molecule is C1=CCC(c2nc(-c3ccccc3)nc(-c3ccccc3-c3ccccc3-c3cccc4c3Oc3ccccc3C43c4ccccc4-c4ccccc43)n2)C=C1. The normalized spacial score (nSPS) is 15.4. The summed E-state index contributed by atoms with van der Waals surface area (Å²) in [7, 11) is 0. The van der Waals surface area contributed by atoms with Crippen molar-refractivity contribution in [2.45, 2.75) is 17.8 Å². The first kappa shape index (κ1) is 32.3. The lowest BCUT2D eigenvalue weighted by atomic mass is 9.65. The van der Waals surface area contributed by atoms with Gasteiger partial charge in [0.1, 0.15) is 17.3 Å². The molecule has 0 N–H and O–H groups in total. The number of fused-ring (bicyclic) bond motifs is 9. The van der Waals surface area contributed by atoms with E-state index in [1.54, 1.807) is 0 Å². The van der Waals surface area contributed by atoms with Crippen LogP contribution >= 0.6 is 0 Å². The average molecular weight is 718 g/mol. The van der Waals surface area contributed by atoms with Gasteiger partial charge in [0.2, 0.25) is 0 Å². The molecule has 1 atom stereocenters. The van der Waals surface area contributed by atoms with Gasteiger partial charge >= 0.3 is 0 Å². The number of para-hydroxylation sites is 2. The molecule has 264 valence electrons. The molecule has 4 nitrogen and oxygen atoms in total. The van der Waals surface area contributed by atoms with Gasteiger partial charge in [0.15, 0.2) is 11.6 Å². The van der Waals surface area contributed by atoms with Gasteiger partial charge in [-0.05, 0) is 51.4 Å². The maximum atomic E-state index is 7.09. The molecular weight excluding hydrogens is 683 g/mol. The van der Waals surface area contributed by atoms with Crippen molar-refractivity contribution >= 4 is 0 Å². The van der Waals surface area contributed by atoms with Gasteiger partial charge in [-0.1, -0.05) is 188 Å². The minimum Gasteiger partial charge on any atom is -0.456 e. The van der Waals surface area contributed by atoms with Crippen LogP contribution in [0.3, 0.4) is 0 Å². The number of benzene rings is 7. The molecule has 3 aliphatic rings. The smallest absolute Gasteiger partial charge is 0.164 e. The fourth-order valence-corrected chi connectivity index (χ4v) is 9.12. The molecule has 7 aromatic carbocycles. The highest BCUT2D eigenvalue weighted by Gasteiger charge is 2.51. The Hall–Kier alpha value is -7.17. The Morgan fingerprint density at radius 1 is 0.429 bits per heavy atom. The molecule has 4 heteroatoms. The summed E-state index contributed by atoms with van der Waals surface area (Å²) in [5, 5.41) is 0. The number of ether oxygens (including phenoxy) is 1. The Morgan fingerprint density at radius 3 is 1.66 bits per heavy atom. The maximum Gasteiger partial charge on any atom is 0.164 e. The summed E-state index contributed by atoms with van der Waals surface area (Å²) in [5.74, 6) is 3.90. The summed E-state index contributed by atoms with van der Waals surface area (Å²) in [5.41, 5.74) is 12.9. The van der Waals surface area contributed by atoms with Crippen LogP contribution < -0.4 is 4.74 Å². The van der Waals surface area contributed by atoms with Crippen LogP contribution in [0.4, 0.5) is 0 Å². The zero-order valence-electron chi connectivity index (χ0n) is 30.5. The quantitative estimate of drug-likeness (QED) is 0.178. The summed E-state index contributed by atoms with van der Waals surface area (Å²) >= 11 is 0. The Morgan fingerprint density at radius 2 is 0.964 bits per heavy atom. The van der Waals surface area contributed by atoms with E-state index < -0.39 is 5.41 Å². The summed E-state index contributed by atoms with van der Waals surface area (Å²) in [6, 6.07) is 60.2. The molecule has 0 saturated heterocycles. The molecule has 2 heterocycles. The van der Waals surface area contributed by atoms with E-state index >= 15 is 0 Å². The minimum absolute atomic E-state index is 0.0673. The Balaban J connectivity index is 1.13. The van der Waals surface area contributed by atoms with Crippen molar-refractivity contribution in [3.8, 4) is 67.7 Å². The van der Waals surface area contributed by atoms with Crippen molar-refractivity contribution < 1.29 is 4.74 Å². The first-order valence-electron chi connectivity index (χ1n) is 19.2. The Labute approximate surface area is 326 Å². The van der Waals surface area contributed by atoms with Crippen LogP contribution in [0.5, 0.6) is 11.5 Å². The number of allylic oxidation sites excluding steroid dienone is 4. The third-order valence-corrected chi connectivity index (χ3v) is 11.5. The molecule has 1 spiro atoms. The van der Waals surface area contributed by atoms with Gasteiger partial charge in [-0.3, -0.25) is 0 Å². The largest absolute Gasteiger partial charge is 0.456 e. The molecule has 1 aliphatic heterocycles.